The van der Waals surface area contributed by atoms with Gasteiger partial charge in [0, 0.05) is 17.8 Å². The molecule has 5 nitrogen and oxygen atoms in total. The number of rotatable bonds is 2. The van der Waals surface area contributed by atoms with Crippen LogP contribution in [-0.4, -0.2) is 22.7 Å². The van der Waals surface area contributed by atoms with Crippen LogP contribution in [0, 0.1) is 0 Å². The van der Waals surface area contributed by atoms with E-state index in [0.29, 0.717) is 27.2 Å². The molecule has 6 heteroatoms. The number of halogens is 1. The predicted octanol–water partition coefficient (Wildman–Crippen LogP) is 2.71. The Morgan fingerprint density at radius 3 is 2.76 bits per heavy atom. The number of aromatic nitrogens is 2. The number of H-pyrrole nitrogens is 1. The average molecular weight is 302 g/mol. The van der Waals surface area contributed by atoms with Crippen LogP contribution in [0.4, 0.5) is 5.69 Å². The van der Waals surface area contributed by atoms with Gasteiger partial charge in [0.25, 0.3) is 11.5 Å². The lowest BCUT2D eigenvalue weighted by molar-refractivity contribution is 0.0950. The second-order valence-electron chi connectivity index (χ2n) is 4.54. The Kier molecular flexibility index (Phi) is 3.27. The van der Waals surface area contributed by atoms with E-state index in [1.165, 1.54) is 4.68 Å². The van der Waals surface area contributed by atoms with Crippen molar-refractivity contribution in [3.8, 4) is 0 Å². The molecule has 0 radical (unpaired) electrons. The number of carbonyl (C=O) groups excluding carboxylic acids is 1. The van der Waals surface area contributed by atoms with Gasteiger partial charge in [-0.15, -0.1) is 0 Å². The van der Waals surface area contributed by atoms with E-state index in [-0.39, 0.29) is 11.5 Å². The summed E-state index contributed by atoms with van der Waals surface area (Å²) in [5.41, 5.74) is 1.32. The molecule has 0 fully saturated rings. The molecule has 0 unspecified atom stereocenters. The zero-order valence-corrected chi connectivity index (χ0v) is 11.9. The zero-order chi connectivity index (χ0) is 15.0. The number of para-hydroxylation sites is 1. The second-order valence-corrected chi connectivity index (χ2v) is 4.97. The van der Waals surface area contributed by atoms with Gasteiger partial charge in [0.15, 0.2) is 0 Å². The predicted molar refractivity (Wildman–Crippen MR) is 83.3 cm³/mol. The summed E-state index contributed by atoms with van der Waals surface area (Å²) in [6, 6.07) is 11.9. The summed E-state index contributed by atoms with van der Waals surface area (Å²) in [5.74, 6) is -0.311. The highest BCUT2D eigenvalue weighted by molar-refractivity contribution is 6.31. The molecule has 0 bridgehead atoms. The summed E-state index contributed by atoms with van der Waals surface area (Å²) in [4.78, 5) is 24.6. The molecule has 0 aliphatic rings. The summed E-state index contributed by atoms with van der Waals surface area (Å²) in [7, 11) is 1.74. The van der Waals surface area contributed by atoms with E-state index in [9.17, 15) is 9.59 Å². The molecule has 1 heterocycles. The molecule has 2 aromatic carbocycles. The summed E-state index contributed by atoms with van der Waals surface area (Å²) in [6.07, 6.45) is 0. The van der Waals surface area contributed by atoms with E-state index in [1.807, 2.05) is 6.07 Å². The molecule has 0 amide bonds. The molecule has 0 saturated carbocycles. The van der Waals surface area contributed by atoms with E-state index in [2.05, 4.69) is 10.4 Å². The monoisotopic (exact) mass is 301 g/mol. The van der Waals surface area contributed by atoms with Crippen molar-refractivity contribution in [1.29, 1.82) is 0 Å². The molecule has 0 spiro atoms. The van der Waals surface area contributed by atoms with Gasteiger partial charge >= 0.3 is 0 Å². The first-order chi connectivity index (χ1) is 10.1. The van der Waals surface area contributed by atoms with Gasteiger partial charge in [-0.3, -0.25) is 14.7 Å². The van der Waals surface area contributed by atoms with Crippen molar-refractivity contribution >= 4 is 34.1 Å². The van der Waals surface area contributed by atoms with Gasteiger partial charge in [-0.25, -0.2) is 4.68 Å². The Bertz CT molecular complexity index is 895. The number of hydrogen-bond acceptors (Lipinski definition) is 3. The van der Waals surface area contributed by atoms with E-state index in [0.717, 1.165) is 0 Å². The molecule has 0 aliphatic heterocycles. The van der Waals surface area contributed by atoms with Crippen molar-refractivity contribution in [2.24, 2.45) is 0 Å². The van der Waals surface area contributed by atoms with Gasteiger partial charge in [0.1, 0.15) is 0 Å². The minimum atomic E-state index is -0.345. The van der Waals surface area contributed by atoms with Gasteiger partial charge in [-0.05, 0) is 30.3 Å². The third kappa shape index (κ3) is 2.21. The van der Waals surface area contributed by atoms with Crippen LogP contribution in [0.2, 0.25) is 5.02 Å². The summed E-state index contributed by atoms with van der Waals surface area (Å²) in [6.45, 7) is 0. The molecular formula is C15H12ClN3O2. The van der Waals surface area contributed by atoms with Crippen LogP contribution in [0.5, 0.6) is 0 Å². The number of nitrogens with one attached hydrogen (secondary N) is 2. The van der Waals surface area contributed by atoms with Gasteiger partial charge in [0.2, 0.25) is 0 Å². The van der Waals surface area contributed by atoms with Crippen molar-refractivity contribution < 1.29 is 4.79 Å². The maximum absolute atomic E-state index is 12.7. The third-order valence-corrected chi connectivity index (χ3v) is 3.52. The van der Waals surface area contributed by atoms with Crippen molar-refractivity contribution in [3.63, 3.8) is 0 Å². The average Bonchev–Trinajstić information content (AvgIpc) is 2.83. The number of aromatic amines is 1. The number of anilines is 1. The first-order valence-electron chi connectivity index (χ1n) is 6.33. The van der Waals surface area contributed by atoms with Crippen molar-refractivity contribution in [3.05, 3.63) is 63.4 Å². The molecule has 3 aromatic rings. The zero-order valence-electron chi connectivity index (χ0n) is 11.2. The highest BCUT2D eigenvalue weighted by Gasteiger charge is 2.17. The van der Waals surface area contributed by atoms with Crippen LogP contribution in [0.25, 0.3) is 10.9 Å². The number of hydrogen-bond donors (Lipinski definition) is 2. The molecule has 21 heavy (non-hydrogen) atoms. The van der Waals surface area contributed by atoms with Gasteiger partial charge in [0.05, 0.1) is 16.5 Å². The fraction of sp³-hybridized carbons (Fsp3) is 0.0667. The minimum absolute atomic E-state index is 0.311. The second kappa shape index (κ2) is 5.10. The molecule has 0 atom stereocenters. The van der Waals surface area contributed by atoms with Crippen molar-refractivity contribution in [2.75, 3.05) is 12.4 Å². The topological polar surface area (TPSA) is 66.9 Å². The number of benzene rings is 2. The Morgan fingerprint density at radius 1 is 1.24 bits per heavy atom. The normalized spacial score (nSPS) is 10.8. The number of fused-ring (bicyclic) bond motifs is 1. The number of nitrogens with zero attached hydrogens (tertiary/aromatic N) is 1. The summed E-state index contributed by atoms with van der Waals surface area (Å²) in [5, 5.41) is 6.36. The number of carbonyl (C=O) groups is 1. The Morgan fingerprint density at radius 2 is 2.00 bits per heavy atom. The Hall–Kier alpha value is -2.53. The van der Waals surface area contributed by atoms with E-state index in [4.69, 9.17) is 11.6 Å². The van der Waals surface area contributed by atoms with E-state index < -0.39 is 0 Å². The lowest BCUT2D eigenvalue weighted by Gasteiger charge is -2.08. The standard InChI is InChI=1S/C15H12ClN3O2/c1-17-12-5-3-2-4-10(12)15(21)19-13-7-6-9(16)8-11(13)14(20)18-19/h2-8,17H,1H3,(H,18,20). The minimum Gasteiger partial charge on any atom is -0.387 e. The molecule has 1 aromatic heterocycles. The molecule has 106 valence electrons. The maximum Gasteiger partial charge on any atom is 0.279 e. The summed E-state index contributed by atoms with van der Waals surface area (Å²) < 4.78 is 1.24. The SMILES string of the molecule is CNc1ccccc1C(=O)n1[nH]c(=O)c2cc(Cl)ccc21. The quantitative estimate of drug-likeness (QED) is 0.765. The highest BCUT2D eigenvalue weighted by atomic mass is 35.5. The van der Waals surface area contributed by atoms with Gasteiger partial charge in [-0.2, -0.15) is 0 Å². The fourth-order valence-corrected chi connectivity index (χ4v) is 2.45. The van der Waals surface area contributed by atoms with Crippen LogP contribution < -0.4 is 10.9 Å². The smallest absolute Gasteiger partial charge is 0.279 e. The molecule has 2 N–H and O–H groups in total. The maximum atomic E-state index is 12.7. The third-order valence-electron chi connectivity index (χ3n) is 3.29. The Balaban J connectivity index is 2.21. The van der Waals surface area contributed by atoms with Crippen LogP contribution in [0.3, 0.4) is 0 Å². The van der Waals surface area contributed by atoms with Gasteiger partial charge in [-0.1, -0.05) is 23.7 Å². The first-order valence-corrected chi connectivity index (χ1v) is 6.71. The lowest BCUT2D eigenvalue weighted by atomic mass is 10.1. The lowest BCUT2D eigenvalue weighted by Crippen LogP contribution is -2.17. The molecular weight excluding hydrogens is 290 g/mol. The van der Waals surface area contributed by atoms with Crippen LogP contribution in [0.15, 0.2) is 47.3 Å². The van der Waals surface area contributed by atoms with Crippen molar-refractivity contribution in [1.82, 2.24) is 9.78 Å². The van der Waals surface area contributed by atoms with Crippen molar-refractivity contribution in [2.45, 2.75) is 0 Å². The van der Waals surface area contributed by atoms with Crippen LogP contribution in [0.1, 0.15) is 10.4 Å². The van der Waals surface area contributed by atoms with Crippen LogP contribution in [-0.2, 0) is 0 Å². The molecule has 0 saturated heterocycles. The van der Waals surface area contributed by atoms with Gasteiger partial charge < -0.3 is 5.32 Å². The fourth-order valence-electron chi connectivity index (χ4n) is 2.28. The Labute approximate surface area is 125 Å². The molecule has 3 rings (SSSR count). The molecule has 0 aliphatic carbocycles. The highest BCUT2D eigenvalue weighted by Crippen LogP contribution is 2.20. The largest absolute Gasteiger partial charge is 0.387 e. The summed E-state index contributed by atoms with van der Waals surface area (Å²) >= 11 is 5.89. The first kappa shape index (κ1) is 13.5. The van der Waals surface area contributed by atoms with Crippen LogP contribution >= 0.6 is 11.6 Å². The van der Waals surface area contributed by atoms with E-state index in [1.54, 1.807) is 43.4 Å². The van der Waals surface area contributed by atoms with E-state index >= 15 is 0 Å².